The van der Waals surface area contributed by atoms with Gasteiger partial charge in [-0.25, -0.2) is 9.78 Å². The van der Waals surface area contributed by atoms with Gasteiger partial charge in [-0.1, -0.05) is 0 Å². The van der Waals surface area contributed by atoms with Crippen LogP contribution in [0.5, 0.6) is 5.75 Å². The number of pyridine rings is 1. The number of carbonyl (C=O) groups excluding carboxylic acids is 1. The zero-order chi connectivity index (χ0) is 15.1. The third-order valence-corrected chi connectivity index (χ3v) is 3.79. The first-order valence-corrected chi connectivity index (χ1v) is 6.31. The molecule has 108 valence electrons. The van der Waals surface area contributed by atoms with Crippen LogP contribution in [0.25, 0.3) is 0 Å². The van der Waals surface area contributed by atoms with Gasteiger partial charge in [-0.05, 0) is 33.8 Å². The summed E-state index contributed by atoms with van der Waals surface area (Å²) in [6, 6.07) is 1.40. The summed E-state index contributed by atoms with van der Waals surface area (Å²) in [5.41, 5.74) is -0.660. The molecule has 1 aliphatic rings. The Morgan fingerprint density at radius 2 is 1.85 bits per heavy atom. The van der Waals surface area contributed by atoms with Crippen molar-refractivity contribution in [1.82, 2.24) is 4.98 Å². The first-order valence-electron chi connectivity index (χ1n) is 6.31. The van der Waals surface area contributed by atoms with Crippen LogP contribution in [0.1, 0.15) is 38.2 Å². The van der Waals surface area contributed by atoms with E-state index in [-0.39, 0.29) is 11.4 Å². The van der Waals surface area contributed by atoms with Crippen LogP contribution in [0.3, 0.4) is 0 Å². The number of aromatic nitrogens is 1. The SMILES string of the molecule is COC(=O)c1ncc(O)cc1B1OC(C)(C)C(C)(C)O1. The van der Waals surface area contributed by atoms with Crippen molar-refractivity contribution in [3.8, 4) is 5.75 Å². The van der Waals surface area contributed by atoms with Gasteiger partial charge in [0.05, 0.1) is 24.5 Å². The largest absolute Gasteiger partial charge is 0.506 e. The standard InChI is InChI=1S/C13H18BNO5/c1-12(2)13(3,4)20-14(19-12)9-6-8(16)7-15-10(9)11(17)18-5/h6-7,16H,1-5H3. The van der Waals surface area contributed by atoms with Gasteiger partial charge in [0.25, 0.3) is 0 Å². The van der Waals surface area contributed by atoms with Gasteiger partial charge < -0.3 is 19.2 Å². The molecule has 1 N–H and O–H groups in total. The lowest BCUT2D eigenvalue weighted by atomic mass is 9.77. The highest BCUT2D eigenvalue weighted by molar-refractivity contribution is 6.63. The number of hydrogen-bond donors (Lipinski definition) is 1. The molecule has 2 rings (SSSR count). The lowest BCUT2D eigenvalue weighted by molar-refractivity contribution is 0.00578. The summed E-state index contributed by atoms with van der Waals surface area (Å²) in [7, 11) is 0.485. The fourth-order valence-electron chi connectivity index (χ4n) is 1.89. The number of hydrogen-bond acceptors (Lipinski definition) is 6. The summed E-state index contributed by atoms with van der Waals surface area (Å²) in [6.45, 7) is 7.62. The van der Waals surface area contributed by atoms with Gasteiger partial charge in [0, 0.05) is 5.46 Å². The van der Waals surface area contributed by atoms with E-state index in [1.807, 2.05) is 27.7 Å². The number of carbonyl (C=O) groups is 1. The minimum Gasteiger partial charge on any atom is -0.506 e. The highest BCUT2D eigenvalue weighted by Gasteiger charge is 2.52. The van der Waals surface area contributed by atoms with Gasteiger partial charge >= 0.3 is 13.1 Å². The highest BCUT2D eigenvalue weighted by atomic mass is 16.7. The minimum atomic E-state index is -0.784. The molecular formula is C13H18BNO5. The van der Waals surface area contributed by atoms with Crippen LogP contribution in [-0.4, -0.2) is 41.5 Å². The van der Waals surface area contributed by atoms with Crippen molar-refractivity contribution in [2.45, 2.75) is 38.9 Å². The number of ether oxygens (including phenoxy) is 1. The molecule has 0 unspecified atom stereocenters. The maximum Gasteiger partial charge on any atom is 0.497 e. The van der Waals surface area contributed by atoms with Gasteiger partial charge in [0.2, 0.25) is 0 Å². The number of rotatable bonds is 2. The summed E-state index contributed by atoms with van der Waals surface area (Å²) < 4.78 is 16.4. The molecule has 0 radical (unpaired) electrons. The molecule has 1 aliphatic heterocycles. The molecule has 0 bridgehead atoms. The number of methoxy groups -OCH3 is 1. The minimum absolute atomic E-state index is 0.0673. The highest BCUT2D eigenvalue weighted by Crippen LogP contribution is 2.36. The molecule has 1 fully saturated rings. The zero-order valence-electron chi connectivity index (χ0n) is 12.3. The van der Waals surface area contributed by atoms with Crippen molar-refractivity contribution < 1.29 is 23.9 Å². The Morgan fingerprint density at radius 1 is 1.30 bits per heavy atom. The quantitative estimate of drug-likeness (QED) is 0.639. The lowest BCUT2D eigenvalue weighted by Gasteiger charge is -2.32. The van der Waals surface area contributed by atoms with E-state index >= 15 is 0 Å². The Balaban J connectivity index is 2.44. The Bertz CT molecular complexity index is 528. The third-order valence-electron chi connectivity index (χ3n) is 3.79. The van der Waals surface area contributed by atoms with Gasteiger partial charge in [0.15, 0.2) is 0 Å². The molecule has 7 heteroatoms. The molecule has 0 amide bonds. The van der Waals surface area contributed by atoms with E-state index in [9.17, 15) is 9.90 Å². The maximum atomic E-state index is 11.7. The molecule has 1 aromatic heterocycles. The monoisotopic (exact) mass is 279 g/mol. The van der Waals surface area contributed by atoms with E-state index in [1.54, 1.807) is 0 Å². The van der Waals surface area contributed by atoms with Gasteiger partial charge in [-0.3, -0.25) is 0 Å². The van der Waals surface area contributed by atoms with Crippen molar-refractivity contribution in [2.75, 3.05) is 7.11 Å². The molecule has 2 heterocycles. The maximum absolute atomic E-state index is 11.7. The molecule has 0 atom stereocenters. The van der Waals surface area contributed by atoms with E-state index in [0.29, 0.717) is 5.46 Å². The van der Waals surface area contributed by atoms with E-state index in [2.05, 4.69) is 9.72 Å². The van der Waals surface area contributed by atoms with E-state index in [1.165, 1.54) is 19.4 Å². The summed E-state index contributed by atoms with van der Waals surface area (Å²) in [5.74, 6) is -0.669. The van der Waals surface area contributed by atoms with Crippen LogP contribution in [0.15, 0.2) is 12.3 Å². The Morgan fingerprint density at radius 3 is 2.35 bits per heavy atom. The average Bonchev–Trinajstić information content (AvgIpc) is 2.57. The van der Waals surface area contributed by atoms with E-state index < -0.39 is 24.3 Å². The second kappa shape index (κ2) is 4.75. The Hall–Kier alpha value is -1.60. The molecule has 20 heavy (non-hydrogen) atoms. The first-order chi connectivity index (χ1) is 9.18. The van der Waals surface area contributed by atoms with Crippen molar-refractivity contribution in [3.05, 3.63) is 18.0 Å². The van der Waals surface area contributed by atoms with Gasteiger partial charge in [-0.2, -0.15) is 0 Å². The number of aromatic hydroxyl groups is 1. The topological polar surface area (TPSA) is 77.9 Å². The Labute approximate surface area is 118 Å². The molecular weight excluding hydrogens is 261 g/mol. The van der Waals surface area contributed by atoms with Crippen molar-refractivity contribution in [1.29, 1.82) is 0 Å². The van der Waals surface area contributed by atoms with Crippen LogP contribution >= 0.6 is 0 Å². The van der Waals surface area contributed by atoms with Crippen molar-refractivity contribution in [3.63, 3.8) is 0 Å². The van der Waals surface area contributed by atoms with Crippen LogP contribution in [-0.2, 0) is 14.0 Å². The zero-order valence-corrected chi connectivity index (χ0v) is 12.3. The van der Waals surface area contributed by atoms with Crippen LogP contribution < -0.4 is 5.46 Å². The van der Waals surface area contributed by atoms with Crippen LogP contribution in [0.2, 0.25) is 0 Å². The van der Waals surface area contributed by atoms with E-state index in [4.69, 9.17) is 9.31 Å². The van der Waals surface area contributed by atoms with Gasteiger partial charge in [0.1, 0.15) is 11.4 Å². The average molecular weight is 279 g/mol. The molecule has 0 spiro atoms. The van der Waals surface area contributed by atoms with Crippen molar-refractivity contribution >= 4 is 18.6 Å². The second-order valence-electron chi connectivity index (χ2n) is 5.71. The van der Waals surface area contributed by atoms with E-state index in [0.717, 1.165) is 0 Å². The lowest BCUT2D eigenvalue weighted by Crippen LogP contribution is -2.41. The summed E-state index contributed by atoms with van der Waals surface area (Å²) in [5, 5.41) is 9.59. The van der Waals surface area contributed by atoms with Crippen LogP contribution in [0.4, 0.5) is 0 Å². The van der Waals surface area contributed by atoms with Crippen molar-refractivity contribution in [2.24, 2.45) is 0 Å². The molecule has 6 nitrogen and oxygen atoms in total. The molecule has 0 aromatic carbocycles. The smallest absolute Gasteiger partial charge is 0.497 e. The third kappa shape index (κ3) is 2.38. The van der Waals surface area contributed by atoms with Crippen LogP contribution in [0, 0.1) is 0 Å². The fourth-order valence-corrected chi connectivity index (χ4v) is 1.89. The summed E-state index contributed by atoms with van der Waals surface area (Å²) in [4.78, 5) is 15.7. The molecule has 1 aromatic rings. The summed E-state index contributed by atoms with van der Waals surface area (Å²) in [6.07, 6.45) is 1.18. The molecule has 0 saturated carbocycles. The fraction of sp³-hybridized carbons (Fsp3) is 0.538. The molecule has 1 saturated heterocycles. The summed E-state index contributed by atoms with van der Waals surface area (Å²) >= 11 is 0. The second-order valence-corrected chi connectivity index (χ2v) is 5.71. The predicted molar refractivity (Wildman–Crippen MR) is 73.0 cm³/mol. The number of esters is 1. The van der Waals surface area contributed by atoms with Gasteiger partial charge in [-0.15, -0.1) is 0 Å². The number of nitrogens with zero attached hydrogens (tertiary/aromatic N) is 1. The predicted octanol–water partition coefficient (Wildman–Crippen LogP) is 0.873. The normalized spacial score (nSPS) is 19.9. The first kappa shape index (κ1) is 14.8. The Kier molecular flexibility index (Phi) is 3.52. The molecule has 0 aliphatic carbocycles.